The molecule has 3 N–H and O–H groups in total. The van der Waals surface area contributed by atoms with Crippen LogP contribution in [0.15, 0.2) is 30.7 Å². The molecule has 0 aliphatic heterocycles. The van der Waals surface area contributed by atoms with Crippen molar-refractivity contribution in [1.29, 1.82) is 0 Å². The first kappa shape index (κ1) is 13.4. The number of hydrogen-bond acceptors (Lipinski definition) is 3. The predicted octanol–water partition coefficient (Wildman–Crippen LogP) is 2.27. The van der Waals surface area contributed by atoms with E-state index in [1.54, 1.807) is 30.7 Å². The second-order valence-electron chi connectivity index (χ2n) is 4.08. The molecule has 2 aromatic rings. The number of amides is 1. The smallest absolute Gasteiger partial charge is 0.250 e. The van der Waals surface area contributed by atoms with Crippen molar-refractivity contribution in [2.45, 2.75) is 20.0 Å². The lowest BCUT2D eigenvalue weighted by molar-refractivity contribution is 0.100. The Morgan fingerprint density at radius 2 is 2.32 bits per heavy atom. The first-order valence-corrected chi connectivity index (χ1v) is 6.32. The molecule has 1 heterocycles. The molecule has 0 spiro atoms. The maximum absolute atomic E-state index is 11.2. The monoisotopic (exact) mass is 278 g/mol. The van der Waals surface area contributed by atoms with Crippen molar-refractivity contribution < 1.29 is 4.79 Å². The second-order valence-corrected chi connectivity index (χ2v) is 4.49. The van der Waals surface area contributed by atoms with Crippen LogP contribution in [0, 0.1) is 0 Å². The Morgan fingerprint density at radius 1 is 1.53 bits per heavy atom. The quantitative estimate of drug-likeness (QED) is 0.881. The van der Waals surface area contributed by atoms with E-state index < -0.39 is 5.91 Å². The van der Waals surface area contributed by atoms with Crippen LogP contribution in [0.2, 0.25) is 5.02 Å². The molecule has 5 nitrogen and oxygen atoms in total. The standard InChI is InChI=1S/C13H15ClN4O/c1-2-18-8-16-6-10(18)7-17-9-3-4-12(14)11(5-9)13(15)19/h3-6,8,17H,2,7H2,1H3,(H2,15,19). The zero-order chi connectivity index (χ0) is 13.8. The summed E-state index contributed by atoms with van der Waals surface area (Å²) in [5, 5.41) is 3.58. The van der Waals surface area contributed by atoms with Gasteiger partial charge in [0.15, 0.2) is 0 Å². The molecule has 0 radical (unpaired) electrons. The average molecular weight is 279 g/mol. The molecular weight excluding hydrogens is 264 g/mol. The molecule has 0 aliphatic carbocycles. The van der Waals surface area contributed by atoms with Crippen LogP contribution in [0.25, 0.3) is 0 Å². The Labute approximate surface area is 116 Å². The molecule has 19 heavy (non-hydrogen) atoms. The van der Waals surface area contributed by atoms with E-state index in [0.29, 0.717) is 17.1 Å². The minimum absolute atomic E-state index is 0.315. The zero-order valence-electron chi connectivity index (χ0n) is 10.6. The third-order valence-electron chi connectivity index (χ3n) is 2.84. The Hall–Kier alpha value is -2.01. The van der Waals surface area contributed by atoms with Gasteiger partial charge in [0.05, 0.1) is 29.2 Å². The number of hydrogen-bond donors (Lipinski definition) is 2. The fraction of sp³-hybridized carbons (Fsp3) is 0.231. The number of imidazole rings is 1. The van der Waals surface area contributed by atoms with Crippen molar-refractivity contribution >= 4 is 23.2 Å². The van der Waals surface area contributed by atoms with Crippen molar-refractivity contribution in [2.24, 2.45) is 5.73 Å². The number of carbonyl (C=O) groups is 1. The van der Waals surface area contributed by atoms with E-state index in [1.165, 1.54) is 0 Å². The van der Waals surface area contributed by atoms with Gasteiger partial charge in [0.25, 0.3) is 0 Å². The van der Waals surface area contributed by atoms with E-state index in [-0.39, 0.29) is 0 Å². The summed E-state index contributed by atoms with van der Waals surface area (Å²) in [6, 6.07) is 5.11. The number of halogens is 1. The number of anilines is 1. The Balaban J connectivity index is 2.12. The van der Waals surface area contributed by atoms with Crippen molar-refractivity contribution in [3.8, 4) is 0 Å². The van der Waals surface area contributed by atoms with Crippen LogP contribution in [-0.2, 0) is 13.1 Å². The van der Waals surface area contributed by atoms with Gasteiger partial charge < -0.3 is 15.6 Å². The van der Waals surface area contributed by atoms with E-state index in [0.717, 1.165) is 17.9 Å². The molecule has 0 aliphatic rings. The van der Waals surface area contributed by atoms with Crippen LogP contribution >= 0.6 is 11.6 Å². The molecule has 100 valence electrons. The van der Waals surface area contributed by atoms with Gasteiger partial charge in [-0.15, -0.1) is 0 Å². The van der Waals surface area contributed by atoms with Crippen LogP contribution in [-0.4, -0.2) is 15.5 Å². The third-order valence-corrected chi connectivity index (χ3v) is 3.17. The van der Waals surface area contributed by atoms with Gasteiger partial charge in [-0.3, -0.25) is 4.79 Å². The first-order valence-electron chi connectivity index (χ1n) is 5.94. The molecule has 1 amide bonds. The third kappa shape index (κ3) is 3.06. The van der Waals surface area contributed by atoms with Crippen LogP contribution in [0.3, 0.4) is 0 Å². The number of nitrogens with one attached hydrogen (secondary N) is 1. The number of aryl methyl sites for hydroxylation is 1. The fourth-order valence-electron chi connectivity index (χ4n) is 1.80. The first-order chi connectivity index (χ1) is 9.11. The van der Waals surface area contributed by atoms with Crippen molar-refractivity contribution in [2.75, 3.05) is 5.32 Å². The van der Waals surface area contributed by atoms with Gasteiger partial charge in [-0.1, -0.05) is 11.6 Å². The molecule has 1 aromatic heterocycles. The summed E-state index contributed by atoms with van der Waals surface area (Å²) in [4.78, 5) is 15.3. The normalized spacial score (nSPS) is 10.4. The number of carbonyl (C=O) groups excluding carboxylic acids is 1. The van der Waals surface area contributed by atoms with Crippen LogP contribution in [0.4, 0.5) is 5.69 Å². The van der Waals surface area contributed by atoms with E-state index in [9.17, 15) is 4.79 Å². The highest BCUT2D eigenvalue weighted by molar-refractivity contribution is 6.33. The summed E-state index contributed by atoms with van der Waals surface area (Å²) in [5.74, 6) is -0.535. The molecule has 0 saturated carbocycles. The number of benzene rings is 1. The van der Waals surface area contributed by atoms with E-state index in [1.807, 2.05) is 4.57 Å². The molecule has 0 fully saturated rings. The lowest BCUT2D eigenvalue weighted by atomic mass is 10.2. The minimum atomic E-state index is -0.535. The lowest BCUT2D eigenvalue weighted by Crippen LogP contribution is -2.12. The van der Waals surface area contributed by atoms with Gasteiger partial charge in [0.1, 0.15) is 0 Å². The Bertz CT molecular complexity index is 594. The molecule has 0 unspecified atom stereocenters. The molecule has 1 aromatic carbocycles. The topological polar surface area (TPSA) is 72.9 Å². The summed E-state index contributed by atoms with van der Waals surface area (Å²) >= 11 is 5.90. The summed E-state index contributed by atoms with van der Waals surface area (Å²) in [6.45, 7) is 3.54. The summed E-state index contributed by atoms with van der Waals surface area (Å²) in [6.07, 6.45) is 3.59. The van der Waals surface area contributed by atoms with Crippen molar-refractivity contribution in [3.05, 3.63) is 47.0 Å². The maximum atomic E-state index is 11.2. The lowest BCUT2D eigenvalue weighted by Gasteiger charge is -2.09. The van der Waals surface area contributed by atoms with Gasteiger partial charge in [0, 0.05) is 18.4 Å². The maximum Gasteiger partial charge on any atom is 0.250 e. The highest BCUT2D eigenvalue weighted by Gasteiger charge is 2.08. The molecular formula is C13H15ClN4O. The number of nitrogens with two attached hydrogens (primary N) is 1. The van der Waals surface area contributed by atoms with Gasteiger partial charge in [-0.05, 0) is 25.1 Å². The molecule has 6 heteroatoms. The van der Waals surface area contributed by atoms with E-state index >= 15 is 0 Å². The van der Waals surface area contributed by atoms with Crippen LogP contribution < -0.4 is 11.1 Å². The van der Waals surface area contributed by atoms with E-state index in [2.05, 4.69) is 17.2 Å². The highest BCUT2D eigenvalue weighted by atomic mass is 35.5. The predicted molar refractivity (Wildman–Crippen MR) is 75.2 cm³/mol. The van der Waals surface area contributed by atoms with Gasteiger partial charge in [0.2, 0.25) is 5.91 Å². The fourth-order valence-corrected chi connectivity index (χ4v) is 2.01. The van der Waals surface area contributed by atoms with E-state index in [4.69, 9.17) is 17.3 Å². The largest absolute Gasteiger partial charge is 0.379 e. The summed E-state index contributed by atoms with van der Waals surface area (Å²) in [5.41, 5.74) is 7.43. The summed E-state index contributed by atoms with van der Waals surface area (Å²) in [7, 11) is 0. The molecule has 0 atom stereocenters. The van der Waals surface area contributed by atoms with Crippen LogP contribution in [0.5, 0.6) is 0 Å². The number of aromatic nitrogens is 2. The number of nitrogens with zero attached hydrogens (tertiary/aromatic N) is 2. The van der Waals surface area contributed by atoms with Gasteiger partial charge in [-0.2, -0.15) is 0 Å². The molecule has 0 bridgehead atoms. The average Bonchev–Trinajstić information content (AvgIpc) is 2.84. The highest BCUT2D eigenvalue weighted by Crippen LogP contribution is 2.20. The van der Waals surface area contributed by atoms with Gasteiger partial charge in [-0.25, -0.2) is 4.98 Å². The SMILES string of the molecule is CCn1cncc1CNc1ccc(Cl)c(C(N)=O)c1. The minimum Gasteiger partial charge on any atom is -0.379 e. The van der Waals surface area contributed by atoms with Crippen molar-refractivity contribution in [3.63, 3.8) is 0 Å². The zero-order valence-corrected chi connectivity index (χ0v) is 11.3. The summed E-state index contributed by atoms with van der Waals surface area (Å²) < 4.78 is 2.04. The van der Waals surface area contributed by atoms with Crippen LogP contribution in [0.1, 0.15) is 23.0 Å². The Morgan fingerprint density at radius 3 is 3.00 bits per heavy atom. The molecule has 0 saturated heterocycles. The van der Waals surface area contributed by atoms with Gasteiger partial charge >= 0.3 is 0 Å². The molecule has 2 rings (SSSR count). The number of primary amides is 1. The second kappa shape index (κ2) is 5.75. The Kier molecular flexibility index (Phi) is 4.06. The number of rotatable bonds is 5. The van der Waals surface area contributed by atoms with Crippen molar-refractivity contribution in [1.82, 2.24) is 9.55 Å².